The Kier molecular flexibility index (Phi) is 6.63. The highest BCUT2D eigenvalue weighted by molar-refractivity contribution is 6.08. The van der Waals surface area contributed by atoms with Gasteiger partial charge >= 0.3 is 0 Å². The zero-order chi connectivity index (χ0) is 20.6. The average molecular weight is 389 g/mol. The van der Waals surface area contributed by atoms with Crippen molar-refractivity contribution in [2.24, 2.45) is 0 Å². The van der Waals surface area contributed by atoms with E-state index in [2.05, 4.69) is 5.32 Å². The highest BCUT2D eigenvalue weighted by atomic mass is 16.5. The Morgan fingerprint density at radius 1 is 0.966 bits per heavy atom. The van der Waals surface area contributed by atoms with Gasteiger partial charge in [0, 0.05) is 18.2 Å². The predicted molar refractivity (Wildman–Crippen MR) is 114 cm³/mol. The van der Waals surface area contributed by atoms with Crippen LogP contribution < -0.4 is 14.8 Å². The third-order valence-corrected chi connectivity index (χ3v) is 4.42. The summed E-state index contributed by atoms with van der Waals surface area (Å²) in [6.45, 7) is 2.41. The summed E-state index contributed by atoms with van der Waals surface area (Å²) in [5, 5.41) is 4.60. The van der Waals surface area contributed by atoms with Gasteiger partial charge in [-0.1, -0.05) is 30.3 Å². The largest absolute Gasteiger partial charge is 0.493 e. The zero-order valence-electron chi connectivity index (χ0n) is 16.5. The van der Waals surface area contributed by atoms with Gasteiger partial charge in [-0.3, -0.25) is 9.59 Å². The van der Waals surface area contributed by atoms with Crippen LogP contribution in [0.25, 0.3) is 16.8 Å². The quantitative estimate of drug-likeness (QED) is 0.462. The van der Waals surface area contributed by atoms with Crippen LogP contribution in [0.15, 0.2) is 66.7 Å². The summed E-state index contributed by atoms with van der Waals surface area (Å²) in [7, 11) is 1.55. The van der Waals surface area contributed by atoms with Crippen LogP contribution in [0.2, 0.25) is 0 Å². The maximum atomic E-state index is 12.6. The van der Waals surface area contributed by atoms with E-state index in [-0.39, 0.29) is 18.3 Å². The molecule has 29 heavy (non-hydrogen) atoms. The second-order valence-electron chi connectivity index (χ2n) is 6.32. The standard InChI is InChI=1S/C24H23NO4/c1-3-28-23-15-10-17-6-4-5-7-20(17)21(23)13-14-22(26)18-8-11-19(12-9-18)29-16-24(27)25-2/h4-15H,3,16H2,1-2H3,(H,25,27)/b14-13+. The van der Waals surface area contributed by atoms with Gasteiger partial charge < -0.3 is 14.8 Å². The van der Waals surface area contributed by atoms with Crippen molar-refractivity contribution in [3.63, 3.8) is 0 Å². The van der Waals surface area contributed by atoms with Gasteiger partial charge in [0.2, 0.25) is 0 Å². The SMILES string of the molecule is CCOc1ccc2ccccc2c1/C=C/C(=O)c1ccc(OCC(=O)NC)cc1. The van der Waals surface area contributed by atoms with Crippen molar-refractivity contribution >= 4 is 28.5 Å². The van der Waals surface area contributed by atoms with Crippen molar-refractivity contribution in [1.82, 2.24) is 5.32 Å². The van der Waals surface area contributed by atoms with E-state index in [1.807, 2.05) is 43.3 Å². The summed E-state index contributed by atoms with van der Waals surface area (Å²) in [5.74, 6) is 0.932. The maximum Gasteiger partial charge on any atom is 0.257 e. The number of carbonyl (C=O) groups is 2. The number of hydrogen-bond acceptors (Lipinski definition) is 4. The van der Waals surface area contributed by atoms with E-state index >= 15 is 0 Å². The molecule has 3 aromatic carbocycles. The minimum atomic E-state index is -0.215. The van der Waals surface area contributed by atoms with Gasteiger partial charge in [-0.2, -0.15) is 0 Å². The Bertz CT molecular complexity index is 1040. The van der Waals surface area contributed by atoms with E-state index in [9.17, 15) is 9.59 Å². The number of fused-ring (bicyclic) bond motifs is 1. The third kappa shape index (κ3) is 5.02. The number of ketones is 1. The van der Waals surface area contributed by atoms with Crippen LogP contribution in [0.5, 0.6) is 11.5 Å². The number of nitrogens with one attached hydrogen (secondary N) is 1. The van der Waals surface area contributed by atoms with E-state index in [0.717, 1.165) is 22.1 Å². The smallest absolute Gasteiger partial charge is 0.257 e. The fourth-order valence-electron chi connectivity index (χ4n) is 2.92. The van der Waals surface area contributed by atoms with E-state index in [1.165, 1.54) is 0 Å². The second-order valence-corrected chi connectivity index (χ2v) is 6.32. The van der Waals surface area contributed by atoms with Crippen molar-refractivity contribution in [3.8, 4) is 11.5 Å². The molecule has 5 nitrogen and oxygen atoms in total. The number of carbonyl (C=O) groups excluding carboxylic acids is 2. The van der Waals surface area contributed by atoms with Crippen LogP contribution in [-0.4, -0.2) is 32.0 Å². The lowest BCUT2D eigenvalue weighted by atomic mass is 10.0. The number of hydrogen-bond donors (Lipinski definition) is 1. The monoisotopic (exact) mass is 389 g/mol. The van der Waals surface area contributed by atoms with Crippen LogP contribution in [0.3, 0.4) is 0 Å². The van der Waals surface area contributed by atoms with Gasteiger partial charge in [0.25, 0.3) is 5.91 Å². The van der Waals surface area contributed by atoms with Crippen LogP contribution in [-0.2, 0) is 4.79 Å². The molecule has 0 atom stereocenters. The summed E-state index contributed by atoms with van der Waals surface area (Å²) in [6.07, 6.45) is 3.34. The number of benzene rings is 3. The number of ether oxygens (including phenoxy) is 2. The molecule has 0 aliphatic rings. The molecule has 0 bridgehead atoms. The van der Waals surface area contributed by atoms with Crippen LogP contribution in [0.1, 0.15) is 22.8 Å². The van der Waals surface area contributed by atoms with Crippen molar-refractivity contribution in [2.45, 2.75) is 6.92 Å². The molecule has 0 radical (unpaired) electrons. The Hall–Kier alpha value is -3.60. The van der Waals surface area contributed by atoms with E-state index in [1.54, 1.807) is 43.5 Å². The molecular formula is C24H23NO4. The fraction of sp³-hybridized carbons (Fsp3) is 0.167. The molecule has 5 heteroatoms. The Morgan fingerprint density at radius 3 is 2.45 bits per heavy atom. The minimum absolute atomic E-state index is 0.0645. The van der Waals surface area contributed by atoms with Crippen molar-refractivity contribution in [1.29, 1.82) is 0 Å². The van der Waals surface area contributed by atoms with E-state index in [0.29, 0.717) is 17.9 Å². The lowest BCUT2D eigenvalue weighted by Gasteiger charge is -2.10. The first kappa shape index (κ1) is 20.1. The Morgan fingerprint density at radius 2 is 1.72 bits per heavy atom. The first-order chi connectivity index (χ1) is 14.1. The predicted octanol–water partition coefficient (Wildman–Crippen LogP) is 4.26. The summed E-state index contributed by atoms with van der Waals surface area (Å²) in [5.41, 5.74) is 1.41. The summed E-state index contributed by atoms with van der Waals surface area (Å²) < 4.78 is 11.1. The number of allylic oxidation sites excluding steroid dienone is 1. The zero-order valence-corrected chi connectivity index (χ0v) is 16.5. The molecule has 0 spiro atoms. The van der Waals surface area contributed by atoms with E-state index < -0.39 is 0 Å². The fourth-order valence-corrected chi connectivity index (χ4v) is 2.92. The lowest BCUT2D eigenvalue weighted by molar-refractivity contribution is -0.122. The molecule has 1 N–H and O–H groups in total. The van der Waals surface area contributed by atoms with Gasteiger partial charge in [0.1, 0.15) is 11.5 Å². The van der Waals surface area contributed by atoms with Crippen LogP contribution in [0, 0.1) is 0 Å². The molecular weight excluding hydrogens is 366 g/mol. The number of likely N-dealkylation sites (N-methyl/N-ethyl adjacent to an activating group) is 1. The molecule has 0 saturated carbocycles. The minimum Gasteiger partial charge on any atom is -0.493 e. The van der Waals surface area contributed by atoms with Gasteiger partial charge in [-0.05, 0) is 60.2 Å². The molecule has 3 rings (SSSR count). The average Bonchev–Trinajstić information content (AvgIpc) is 2.76. The van der Waals surface area contributed by atoms with Crippen molar-refractivity contribution in [2.75, 3.05) is 20.3 Å². The van der Waals surface area contributed by atoms with Gasteiger partial charge in [-0.15, -0.1) is 0 Å². The summed E-state index contributed by atoms with van der Waals surface area (Å²) in [4.78, 5) is 23.9. The van der Waals surface area contributed by atoms with Crippen LogP contribution in [0.4, 0.5) is 0 Å². The topological polar surface area (TPSA) is 64.6 Å². The molecule has 0 saturated heterocycles. The van der Waals surface area contributed by atoms with Crippen molar-refractivity contribution < 1.29 is 19.1 Å². The first-order valence-electron chi connectivity index (χ1n) is 9.42. The molecule has 3 aromatic rings. The highest BCUT2D eigenvalue weighted by Crippen LogP contribution is 2.29. The van der Waals surface area contributed by atoms with Crippen molar-refractivity contribution in [3.05, 3.63) is 77.9 Å². The number of amides is 1. The van der Waals surface area contributed by atoms with Gasteiger partial charge in [-0.25, -0.2) is 0 Å². The molecule has 148 valence electrons. The molecule has 0 aliphatic heterocycles. The molecule has 0 fully saturated rings. The second kappa shape index (κ2) is 9.55. The Labute approximate surface area is 170 Å². The highest BCUT2D eigenvalue weighted by Gasteiger charge is 2.08. The summed E-state index contributed by atoms with van der Waals surface area (Å²) >= 11 is 0. The van der Waals surface area contributed by atoms with Gasteiger partial charge in [0.15, 0.2) is 12.4 Å². The van der Waals surface area contributed by atoms with Crippen LogP contribution >= 0.6 is 0 Å². The van der Waals surface area contributed by atoms with E-state index in [4.69, 9.17) is 9.47 Å². The lowest BCUT2D eigenvalue weighted by Crippen LogP contribution is -2.24. The molecule has 0 heterocycles. The molecule has 0 unspecified atom stereocenters. The van der Waals surface area contributed by atoms with Gasteiger partial charge in [0.05, 0.1) is 6.61 Å². The first-order valence-corrected chi connectivity index (χ1v) is 9.42. The normalized spacial score (nSPS) is 10.8. The molecule has 1 amide bonds. The molecule has 0 aromatic heterocycles. The number of rotatable bonds is 8. The summed E-state index contributed by atoms with van der Waals surface area (Å²) in [6, 6.07) is 18.6. The Balaban J connectivity index is 1.80. The molecule has 0 aliphatic carbocycles. The third-order valence-electron chi connectivity index (χ3n) is 4.42. The maximum absolute atomic E-state index is 12.6.